The monoisotopic (exact) mass is 274 g/mol. The summed E-state index contributed by atoms with van der Waals surface area (Å²) in [4.78, 5) is 20.9. The van der Waals surface area contributed by atoms with Gasteiger partial charge in [-0.1, -0.05) is 6.92 Å². The number of carbonyl (C=O) groups is 1. The maximum atomic E-state index is 13.5. The van der Waals surface area contributed by atoms with E-state index in [1.807, 2.05) is 0 Å². The summed E-state index contributed by atoms with van der Waals surface area (Å²) in [5.41, 5.74) is -1.20. The molecule has 0 aromatic heterocycles. The maximum Gasteiger partial charge on any atom is 0.328 e. The molecule has 0 fully saturated rings. The number of anilines is 1. The second kappa shape index (κ2) is 6.07. The zero-order valence-corrected chi connectivity index (χ0v) is 10.3. The van der Waals surface area contributed by atoms with Gasteiger partial charge in [0.15, 0.2) is 0 Å². The highest BCUT2D eigenvalue weighted by Gasteiger charge is 2.22. The van der Waals surface area contributed by atoms with Gasteiger partial charge in [-0.2, -0.15) is 4.39 Å². The van der Waals surface area contributed by atoms with Gasteiger partial charge in [0.25, 0.3) is 0 Å². The molecule has 6 nitrogen and oxygen atoms in total. The first-order valence-electron chi connectivity index (χ1n) is 5.38. The van der Waals surface area contributed by atoms with Crippen molar-refractivity contribution in [3.63, 3.8) is 0 Å². The molecule has 0 aliphatic carbocycles. The number of nitrogens with one attached hydrogen (secondary N) is 1. The van der Waals surface area contributed by atoms with Crippen LogP contribution in [0.4, 0.5) is 20.2 Å². The Morgan fingerprint density at radius 2 is 2.11 bits per heavy atom. The molecule has 0 aliphatic rings. The van der Waals surface area contributed by atoms with Gasteiger partial charge in [0, 0.05) is 12.1 Å². The first-order chi connectivity index (χ1) is 8.90. The highest BCUT2D eigenvalue weighted by atomic mass is 19.1. The molecule has 1 atom stereocenters. The number of nitro groups is 1. The van der Waals surface area contributed by atoms with E-state index >= 15 is 0 Å². The van der Waals surface area contributed by atoms with Crippen molar-refractivity contribution in [1.29, 1.82) is 0 Å². The average Bonchev–Trinajstić information content (AvgIpc) is 2.36. The lowest BCUT2D eigenvalue weighted by Crippen LogP contribution is -2.30. The van der Waals surface area contributed by atoms with Crippen LogP contribution in [0.5, 0.6) is 0 Å². The molecule has 0 aliphatic heterocycles. The number of nitro benzene ring substituents is 1. The highest BCUT2D eigenvalue weighted by Crippen LogP contribution is 2.26. The summed E-state index contributed by atoms with van der Waals surface area (Å²) in [6.45, 7) is 1.64. The molecule has 19 heavy (non-hydrogen) atoms. The number of nitrogens with zero attached hydrogens (tertiary/aromatic N) is 1. The zero-order valence-electron chi connectivity index (χ0n) is 10.3. The standard InChI is InChI=1S/C11H12F2N2O4/c1-3-8(11(16)19-2)14-9-5-10(15(17)18)7(13)4-6(9)12/h4-5,8,14H,3H2,1-2H3. The van der Waals surface area contributed by atoms with E-state index in [9.17, 15) is 23.7 Å². The van der Waals surface area contributed by atoms with Crippen LogP contribution >= 0.6 is 0 Å². The van der Waals surface area contributed by atoms with E-state index < -0.39 is 34.3 Å². The zero-order chi connectivity index (χ0) is 14.6. The van der Waals surface area contributed by atoms with Crippen molar-refractivity contribution in [2.75, 3.05) is 12.4 Å². The van der Waals surface area contributed by atoms with Crippen molar-refractivity contribution in [3.05, 3.63) is 33.9 Å². The third-order valence-corrected chi connectivity index (χ3v) is 2.46. The number of halogens is 2. The second-order valence-corrected chi connectivity index (χ2v) is 3.67. The molecule has 1 aromatic carbocycles. The highest BCUT2D eigenvalue weighted by molar-refractivity contribution is 5.79. The largest absolute Gasteiger partial charge is 0.467 e. The minimum atomic E-state index is -1.28. The maximum absolute atomic E-state index is 13.5. The Balaban J connectivity index is 3.10. The molecule has 1 rings (SSSR count). The van der Waals surface area contributed by atoms with Crippen LogP contribution in [-0.4, -0.2) is 24.0 Å². The molecule has 0 amide bonds. The molecule has 8 heteroatoms. The fourth-order valence-corrected chi connectivity index (χ4v) is 1.45. The average molecular weight is 274 g/mol. The number of hydrogen-bond donors (Lipinski definition) is 1. The molecule has 0 saturated carbocycles. The van der Waals surface area contributed by atoms with Gasteiger partial charge in [0.05, 0.1) is 17.7 Å². The van der Waals surface area contributed by atoms with E-state index in [2.05, 4.69) is 10.1 Å². The molecule has 0 radical (unpaired) electrons. The number of carbonyl (C=O) groups excluding carboxylic acids is 1. The van der Waals surface area contributed by atoms with Gasteiger partial charge in [-0.05, 0) is 6.42 Å². The summed E-state index contributed by atoms with van der Waals surface area (Å²) >= 11 is 0. The van der Waals surface area contributed by atoms with Gasteiger partial charge in [-0.15, -0.1) is 0 Å². The SMILES string of the molecule is CCC(Nc1cc([N+](=O)[O-])c(F)cc1F)C(=O)OC. The smallest absolute Gasteiger partial charge is 0.328 e. The molecule has 0 spiro atoms. The van der Waals surface area contributed by atoms with Crippen LogP contribution in [0.3, 0.4) is 0 Å². The fraction of sp³-hybridized carbons (Fsp3) is 0.364. The Labute approximate surface area is 107 Å². The summed E-state index contributed by atoms with van der Waals surface area (Å²) < 4.78 is 31.1. The van der Waals surface area contributed by atoms with Gasteiger partial charge >= 0.3 is 11.7 Å². The fourth-order valence-electron chi connectivity index (χ4n) is 1.45. The Morgan fingerprint density at radius 1 is 1.47 bits per heavy atom. The molecular weight excluding hydrogens is 262 g/mol. The molecule has 1 aromatic rings. The number of rotatable bonds is 5. The minimum absolute atomic E-state index is 0.275. The van der Waals surface area contributed by atoms with Crippen molar-refractivity contribution in [1.82, 2.24) is 0 Å². The summed E-state index contributed by atoms with van der Waals surface area (Å²) in [6.07, 6.45) is 0.275. The normalized spacial score (nSPS) is 11.8. The van der Waals surface area contributed by atoms with E-state index in [1.165, 1.54) is 0 Å². The third kappa shape index (κ3) is 3.36. The van der Waals surface area contributed by atoms with Gasteiger partial charge in [-0.3, -0.25) is 10.1 Å². The molecule has 0 heterocycles. The number of benzene rings is 1. The second-order valence-electron chi connectivity index (χ2n) is 3.67. The number of ether oxygens (including phenoxy) is 1. The topological polar surface area (TPSA) is 81.5 Å². The lowest BCUT2D eigenvalue weighted by Gasteiger charge is -2.16. The number of methoxy groups -OCH3 is 1. The Hall–Kier alpha value is -2.25. The van der Waals surface area contributed by atoms with Crippen molar-refractivity contribution in [2.45, 2.75) is 19.4 Å². The minimum Gasteiger partial charge on any atom is -0.467 e. The number of hydrogen-bond acceptors (Lipinski definition) is 5. The van der Waals surface area contributed by atoms with E-state index in [0.717, 1.165) is 7.11 Å². The van der Waals surface area contributed by atoms with Crippen molar-refractivity contribution >= 4 is 17.3 Å². The molecule has 1 unspecified atom stereocenters. The first-order valence-corrected chi connectivity index (χ1v) is 5.38. The van der Waals surface area contributed by atoms with E-state index in [-0.39, 0.29) is 12.1 Å². The molecule has 104 valence electrons. The molecule has 0 bridgehead atoms. The third-order valence-electron chi connectivity index (χ3n) is 2.46. The van der Waals surface area contributed by atoms with Crippen molar-refractivity contribution in [3.8, 4) is 0 Å². The van der Waals surface area contributed by atoms with Gasteiger partial charge < -0.3 is 10.1 Å². The van der Waals surface area contributed by atoms with E-state index in [4.69, 9.17) is 0 Å². The van der Waals surface area contributed by atoms with Crippen molar-refractivity contribution < 1.29 is 23.2 Å². The van der Waals surface area contributed by atoms with Crippen molar-refractivity contribution in [2.24, 2.45) is 0 Å². The van der Waals surface area contributed by atoms with Crippen LogP contribution in [0.2, 0.25) is 0 Å². The van der Waals surface area contributed by atoms with Crippen LogP contribution < -0.4 is 5.32 Å². The van der Waals surface area contributed by atoms with Gasteiger partial charge in [0.1, 0.15) is 11.9 Å². The summed E-state index contributed by atoms with van der Waals surface area (Å²) in [7, 11) is 1.16. The predicted molar refractivity (Wildman–Crippen MR) is 62.7 cm³/mol. The Bertz CT molecular complexity index is 508. The number of esters is 1. The van der Waals surface area contributed by atoms with Crippen LogP contribution in [0.25, 0.3) is 0 Å². The summed E-state index contributed by atoms with van der Waals surface area (Å²) in [5, 5.41) is 13.0. The van der Waals surface area contributed by atoms with Crippen LogP contribution in [0.15, 0.2) is 12.1 Å². The van der Waals surface area contributed by atoms with Gasteiger partial charge in [-0.25, -0.2) is 9.18 Å². The quantitative estimate of drug-likeness (QED) is 0.506. The predicted octanol–water partition coefficient (Wildman–Crippen LogP) is 2.24. The first kappa shape index (κ1) is 14.8. The van der Waals surface area contributed by atoms with Crippen LogP contribution in [-0.2, 0) is 9.53 Å². The Kier molecular flexibility index (Phi) is 4.74. The Morgan fingerprint density at radius 3 is 2.58 bits per heavy atom. The molecule has 0 saturated heterocycles. The lowest BCUT2D eigenvalue weighted by atomic mass is 10.2. The van der Waals surface area contributed by atoms with E-state index in [1.54, 1.807) is 6.92 Å². The summed E-state index contributed by atoms with van der Waals surface area (Å²) in [5.74, 6) is -2.95. The lowest BCUT2D eigenvalue weighted by molar-refractivity contribution is -0.387. The van der Waals surface area contributed by atoms with Gasteiger partial charge in [0.2, 0.25) is 5.82 Å². The summed E-state index contributed by atoms with van der Waals surface area (Å²) in [6, 6.07) is 0.227. The van der Waals surface area contributed by atoms with E-state index in [0.29, 0.717) is 12.1 Å². The molecular formula is C11H12F2N2O4. The van der Waals surface area contributed by atoms with Crippen LogP contribution in [0.1, 0.15) is 13.3 Å². The molecule has 1 N–H and O–H groups in total. The van der Waals surface area contributed by atoms with Crippen LogP contribution in [0, 0.1) is 21.7 Å².